The lowest BCUT2D eigenvalue weighted by Gasteiger charge is -2.26. The maximum Gasteiger partial charge on any atom is 0.285 e. The normalized spacial score (nSPS) is 17.0. The van der Waals surface area contributed by atoms with Gasteiger partial charge in [0.05, 0.1) is 12.4 Å². The molecule has 1 fully saturated rings. The summed E-state index contributed by atoms with van der Waals surface area (Å²) >= 11 is 0. The SMILES string of the molecule is Nc1cncc(C(=O)NN2CCCCC2)n1. The lowest BCUT2D eigenvalue weighted by Crippen LogP contribution is -2.45. The Kier molecular flexibility index (Phi) is 3.31. The van der Waals surface area contributed by atoms with Gasteiger partial charge in [-0.15, -0.1) is 0 Å². The van der Waals surface area contributed by atoms with E-state index >= 15 is 0 Å². The predicted molar refractivity (Wildman–Crippen MR) is 59.3 cm³/mol. The quantitative estimate of drug-likeness (QED) is 0.744. The van der Waals surface area contributed by atoms with E-state index < -0.39 is 0 Å². The van der Waals surface area contributed by atoms with Crippen molar-refractivity contribution in [1.29, 1.82) is 0 Å². The molecular weight excluding hydrogens is 206 g/mol. The van der Waals surface area contributed by atoms with E-state index in [1.54, 1.807) is 0 Å². The van der Waals surface area contributed by atoms with Crippen LogP contribution in [0.3, 0.4) is 0 Å². The zero-order valence-electron chi connectivity index (χ0n) is 9.02. The number of aromatic nitrogens is 2. The number of hydrogen-bond donors (Lipinski definition) is 2. The molecule has 0 spiro atoms. The zero-order chi connectivity index (χ0) is 11.4. The molecule has 1 aliphatic heterocycles. The number of piperidine rings is 1. The van der Waals surface area contributed by atoms with Gasteiger partial charge in [-0.05, 0) is 12.8 Å². The Morgan fingerprint density at radius 3 is 2.75 bits per heavy atom. The number of nitrogens with zero attached hydrogens (tertiary/aromatic N) is 3. The fourth-order valence-electron chi connectivity index (χ4n) is 1.70. The van der Waals surface area contributed by atoms with Crippen LogP contribution in [0.15, 0.2) is 12.4 Å². The minimum absolute atomic E-state index is 0.248. The molecule has 0 radical (unpaired) electrons. The monoisotopic (exact) mass is 221 g/mol. The average Bonchev–Trinajstić information content (AvgIpc) is 2.30. The van der Waals surface area contributed by atoms with Gasteiger partial charge < -0.3 is 5.73 Å². The summed E-state index contributed by atoms with van der Waals surface area (Å²) in [5, 5.41) is 1.91. The number of nitrogens with two attached hydrogens (primary N) is 1. The van der Waals surface area contributed by atoms with Crippen LogP contribution in [0.5, 0.6) is 0 Å². The molecule has 2 rings (SSSR count). The third-order valence-corrected chi connectivity index (χ3v) is 2.50. The molecule has 6 nitrogen and oxygen atoms in total. The Bertz CT molecular complexity index is 375. The van der Waals surface area contributed by atoms with Crippen LogP contribution in [0, 0.1) is 0 Å². The summed E-state index contributed by atoms with van der Waals surface area (Å²) in [6, 6.07) is 0. The van der Waals surface area contributed by atoms with E-state index in [1.165, 1.54) is 18.8 Å². The van der Waals surface area contributed by atoms with Crippen molar-refractivity contribution in [2.75, 3.05) is 18.8 Å². The van der Waals surface area contributed by atoms with E-state index in [9.17, 15) is 4.79 Å². The number of hydrogen-bond acceptors (Lipinski definition) is 5. The van der Waals surface area contributed by atoms with E-state index in [2.05, 4.69) is 15.4 Å². The van der Waals surface area contributed by atoms with Crippen molar-refractivity contribution >= 4 is 11.7 Å². The second-order valence-electron chi connectivity index (χ2n) is 3.82. The summed E-state index contributed by atoms with van der Waals surface area (Å²) in [5.74, 6) is 0.00740. The molecule has 0 aliphatic carbocycles. The van der Waals surface area contributed by atoms with Crippen LogP contribution in [-0.4, -0.2) is 34.0 Å². The third kappa shape index (κ3) is 2.66. The molecule has 0 unspecified atom stereocenters. The van der Waals surface area contributed by atoms with Gasteiger partial charge in [-0.2, -0.15) is 0 Å². The molecule has 1 aromatic rings. The van der Waals surface area contributed by atoms with Crippen molar-refractivity contribution < 1.29 is 4.79 Å². The van der Waals surface area contributed by atoms with Crippen LogP contribution in [0.2, 0.25) is 0 Å². The number of anilines is 1. The molecule has 1 aliphatic rings. The Balaban J connectivity index is 1.97. The van der Waals surface area contributed by atoms with Crippen LogP contribution in [0.4, 0.5) is 5.82 Å². The lowest BCUT2D eigenvalue weighted by molar-refractivity contribution is 0.0744. The van der Waals surface area contributed by atoms with E-state index in [-0.39, 0.29) is 17.4 Å². The molecule has 0 aromatic carbocycles. The van der Waals surface area contributed by atoms with Crippen molar-refractivity contribution in [3.05, 3.63) is 18.1 Å². The summed E-state index contributed by atoms with van der Waals surface area (Å²) in [6.45, 7) is 1.78. The Morgan fingerprint density at radius 2 is 2.06 bits per heavy atom. The van der Waals surface area contributed by atoms with Gasteiger partial charge in [0.25, 0.3) is 5.91 Å². The van der Waals surface area contributed by atoms with Crippen LogP contribution in [0.25, 0.3) is 0 Å². The van der Waals surface area contributed by atoms with Crippen LogP contribution in [-0.2, 0) is 0 Å². The standard InChI is InChI=1S/C10H15N5O/c11-9-7-12-6-8(13-9)10(16)14-15-4-2-1-3-5-15/h6-7H,1-5H2,(H2,11,13)(H,14,16). The van der Waals surface area contributed by atoms with Crippen molar-refractivity contribution in [3.8, 4) is 0 Å². The van der Waals surface area contributed by atoms with E-state index in [1.807, 2.05) is 5.01 Å². The number of rotatable bonds is 2. The molecule has 1 saturated heterocycles. The number of carbonyl (C=O) groups is 1. The number of amides is 1. The number of hydrazine groups is 1. The van der Waals surface area contributed by atoms with Crippen LogP contribution in [0.1, 0.15) is 29.8 Å². The molecule has 1 aromatic heterocycles. The van der Waals surface area contributed by atoms with Gasteiger partial charge >= 0.3 is 0 Å². The van der Waals surface area contributed by atoms with Gasteiger partial charge in [-0.1, -0.05) is 6.42 Å². The van der Waals surface area contributed by atoms with Crippen LogP contribution >= 0.6 is 0 Å². The summed E-state index contributed by atoms with van der Waals surface area (Å²) < 4.78 is 0. The van der Waals surface area contributed by atoms with E-state index in [4.69, 9.17) is 5.73 Å². The minimum Gasteiger partial charge on any atom is -0.382 e. The van der Waals surface area contributed by atoms with E-state index in [0.717, 1.165) is 25.9 Å². The highest BCUT2D eigenvalue weighted by Crippen LogP contribution is 2.06. The first-order valence-corrected chi connectivity index (χ1v) is 5.39. The number of nitrogens with one attached hydrogen (secondary N) is 1. The first kappa shape index (κ1) is 10.8. The predicted octanol–water partition coefficient (Wildman–Crippen LogP) is 0.189. The summed E-state index contributed by atoms with van der Waals surface area (Å²) in [7, 11) is 0. The molecule has 3 N–H and O–H groups in total. The fraction of sp³-hybridized carbons (Fsp3) is 0.500. The second-order valence-corrected chi connectivity index (χ2v) is 3.82. The smallest absolute Gasteiger partial charge is 0.285 e. The minimum atomic E-state index is -0.248. The molecule has 0 atom stereocenters. The van der Waals surface area contributed by atoms with Gasteiger partial charge in [-0.3, -0.25) is 15.2 Å². The van der Waals surface area contributed by atoms with Gasteiger partial charge in [0.1, 0.15) is 11.5 Å². The molecular formula is C10H15N5O. The zero-order valence-corrected chi connectivity index (χ0v) is 9.02. The number of nitrogen functional groups attached to an aromatic ring is 1. The van der Waals surface area contributed by atoms with Crippen molar-refractivity contribution in [1.82, 2.24) is 20.4 Å². The van der Waals surface area contributed by atoms with Gasteiger partial charge in [0.2, 0.25) is 0 Å². The van der Waals surface area contributed by atoms with Crippen LogP contribution < -0.4 is 11.2 Å². The Hall–Kier alpha value is -1.69. The fourth-order valence-corrected chi connectivity index (χ4v) is 1.70. The second kappa shape index (κ2) is 4.89. The molecule has 86 valence electrons. The highest BCUT2D eigenvalue weighted by Gasteiger charge is 2.15. The van der Waals surface area contributed by atoms with Gasteiger partial charge in [-0.25, -0.2) is 9.99 Å². The first-order chi connectivity index (χ1) is 7.75. The topological polar surface area (TPSA) is 84.1 Å². The molecule has 2 heterocycles. The lowest BCUT2D eigenvalue weighted by atomic mass is 10.2. The average molecular weight is 221 g/mol. The highest BCUT2D eigenvalue weighted by atomic mass is 16.2. The number of carbonyl (C=O) groups excluding carboxylic acids is 1. The molecule has 0 bridgehead atoms. The highest BCUT2D eigenvalue weighted by molar-refractivity contribution is 5.91. The largest absolute Gasteiger partial charge is 0.382 e. The first-order valence-electron chi connectivity index (χ1n) is 5.39. The summed E-state index contributed by atoms with van der Waals surface area (Å²) in [6.07, 6.45) is 6.28. The maximum absolute atomic E-state index is 11.8. The third-order valence-electron chi connectivity index (χ3n) is 2.50. The summed E-state index contributed by atoms with van der Waals surface area (Å²) in [4.78, 5) is 19.5. The van der Waals surface area contributed by atoms with E-state index in [0.29, 0.717) is 0 Å². The maximum atomic E-state index is 11.8. The molecule has 6 heteroatoms. The van der Waals surface area contributed by atoms with Crippen molar-refractivity contribution in [2.45, 2.75) is 19.3 Å². The Labute approximate surface area is 93.8 Å². The molecule has 16 heavy (non-hydrogen) atoms. The van der Waals surface area contributed by atoms with Gasteiger partial charge in [0, 0.05) is 13.1 Å². The molecule has 0 saturated carbocycles. The van der Waals surface area contributed by atoms with Crippen molar-refractivity contribution in [3.63, 3.8) is 0 Å². The summed E-state index contributed by atoms with van der Waals surface area (Å²) in [5.41, 5.74) is 8.52. The Morgan fingerprint density at radius 1 is 1.31 bits per heavy atom. The van der Waals surface area contributed by atoms with Crippen molar-refractivity contribution in [2.24, 2.45) is 0 Å². The molecule has 1 amide bonds. The van der Waals surface area contributed by atoms with Gasteiger partial charge in [0.15, 0.2) is 0 Å².